The van der Waals surface area contributed by atoms with Crippen LogP contribution in [0.3, 0.4) is 0 Å². The van der Waals surface area contributed by atoms with E-state index in [2.05, 4.69) is 29.5 Å². The Kier molecular flexibility index (Phi) is 8.88. The molecule has 0 atom stereocenters. The number of ether oxygens (including phenoxy) is 1. The normalized spacial score (nSPS) is 11.3. The van der Waals surface area contributed by atoms with Crippen molar-refractivity contribution in [2.24, 2.45) is 4.99 Å². The molecule has 0 saturated heterocycles. The highest BCUT2D eigenvalue weighted by Crippen LogP contribution is 2.26. The summed E-state index contributed by atoms with van der Waals surface area (Å²) in [7, 11) is 0. The van der Waals surface area contributed by atoms with Crippen LogP contribution < -0.4 is 15.4 Å². The van der Waals surface area contributed by atoms with Crippen molar-refractivity contribution < 1.29 is 9.84 Å². The average molecular weight is 307 g/mol. The van der Waals surface area contributed by atoms with E-state index < -0.39 is 0 Å². The van der Waals surface area contributed by atoms with E-state index in [9.17, 15) is 5.11 Å². The molecule has 5 heteroatoms. The molecule has 1 aromatic rings. The lowest BCUT2D eigenvalue weighted by Gasteiger charge is -2.11. The van der Waals surface area contributed by atoms with Crippen LogP contribution in [0.1, 0.15) is 45.6 Å². The molecule has 124 valence electrons. The third kappa shape index (κ3) is 6.70. The van der Waals surface area contributed by atoms with Crippen LogP contribution in [0.4, 0.5) is 0 Å². The number of hydrogen-bond donors (Lipinski definition) is 3. The number of benzene rings is 1. The number of unbranched alkanes of at least 4 members (excludes halogenated alkanes) is 2. The van der Waals surface area contributed by atoms with Crippen LogP contribution in [-0.4, -0.2) is 30.8 Å². The van der Waals surface area contributed by atoms with Gasteiger partial charge in [0.15, 0.2) is 17.5 Å². The van der Waals surface area contributed by atoms with Crippen LogP contribution in [-0.2, 0) is 6.54 Å². The second kappa shape index (κ2) is 10.8. The van der Waals surface area contributed by atoms with Crippen molar-refractivity contribution in [2.45, 2.75) is 46.6 Å². The van der Waals surface area contributed by atoms with Crippen LogP contribution >= 0.6 is 0 Å². The first-order valence-corrected chi connectivity index (χ1v) is 8.18. The number of hydrogen-bond acceptors (Lipinski definition) is 3. The Bertz CT molecular complexity index is 461. The molecular formula is C17H29N3O2. The molecule has 0 radical (unpaired) electrons. The molecule has 0 aromatic heterocycles. The second-order valence-corrected chi connectivity index (χ2v) is 5.06. The molecule has 0 unspecified atom stereocenters. The molecule has 0 aliphatic heterocycles. The van der Waals surface area contributed by atoms with E-state index in [1.807, 2.05) is 19.1 Å². The van der Waals surface area contributed by atoms with Crippen LogP contribution in [0.5, 0.6) is 11.5 Å². The standard InChI is InChI=1S/C17H29N3O2/c1-4-7-8-11-19-17(18-5-2)20-13-14-9-10-15(21)16(12-14)22-6-3/h9-10,12,21H,4-8,11,13H2,1-3H3,(H2,18,19,20). The Hall–Kier alpha value is -1.91. The van der Waals surface area contributed by atoms with Gasteiger partial charge in [-0.1, -0.05) is 25.8 Å². The summed E-state index contributed by atoms with van der Waals surface area (Å²) in [5.74, 6) is 1.50. The molecule has 5 nitrogen and oxygen atoms in total. The van der Waals surface area contributed by atoms with Gasteiger partial charge < -0.3 is 20.5 Å². The zero-order valence-electron chi connectivity index (χ0n) is 14.0. The minimum absolute atomic E-state index is 0.166. The van der Waals surface area contributed by atoms with Gasteiger partial charge in [0.25, 0.3) is 0 Å². The summed E-state index contributed by atoms with van der Waals surface area (Å²) >= 11 is 0. The van der Waals surface area contributed by atoms with E-state index in [1.54, 1.807) is 6.07 Å². The maximum Gasteiger partial charge on any atom is 0.191 e. The van der Waals surface area contributed by atoms with Crippen molar-refractivity contribution in [2.75, 3.05) is 19.7 Å². The molecule has 0 bridgehead atoms. The predicted octanol–water partition coefficient (Wildman–Crippen LogP) is 3.04. The molecule has 0 aliphatic rings. The number of aromatic hydroxyl groups is 1. The highest BCUT2D eigenvalue weighted by molar-refractivity contribution is 5.79. The summed E-state index contributed by atoms with van der Waals surface area (Å²) in [6.45, 7) is 8.98. The van der Waals surface area contributed by atoms with Crippen LogP contribution in [0.15, 0.2) is 23.2 Å². The van der Waals surface area contributed by atoms with Gasteiger partial charge in [-0.3, -0.25) is 0 Å². The lowest BCUT2D eigenvalue weighted by atomic mass is 10.2. The molecule has 0 amide bonds. The van der Waals surface area contributed by atoms with E-state index in [1.165, 1.54) is 12.8 Å². The monoisotopic (exact) mass is 307 g/mol. The maximum absolute atomic E-state index is 9.71. The molecule has 0 spiro atoms. The zero-order chi connectivity index (χ0) is 16.2. The van der Waals surface area contributed by atoms with E-state index in [0.717, 1.165) is 31.0 Å². The van der Waals surface area contributed by atoms with Gasteiger partial charge in [0.2, 0.25) is 0 Å². The average Bonchev–Trinajstić information content (AvgIpc) is 2.52. The Labute approximate surface area is 133 Å². The molecule has 0 heterocycles. The summed E-state index contributed by atoms with van der Waals surface area (Å²) in [6, 6.07) is 5.35. The fourth-order valence-corrected chi connectivity index (χ4v) is 2.02. The van der Waals surface area contributed by atoms with Crippen molar-refractivity contribution in [3.63, 3.8) is 0 Å². The van der Waals surface area contributed by atoms with Gasteiger partial charge >= 0.3 is 0 Å². The fourth-order valence-electron chi connectivity index (χ4n) is 2.02. The van der Waals surface area contributed by atoms with Gasteiger partial charge in [-0.05, 0) is 38.0 Å². The minimum Gasteiger partial charge on any atom is -0.504 e. The quantitative estimate of drug-likeness (QED) is 0.373. The number of rotatable bonds is 9. The highest BCUT2D eigenvalue weighted by Gasteiger charge is 2.04. The zero-order valence-corrected chi connectivity index (χ0v) is 14.0. The van der Waals surface area contributed by atoms with Gasteiger partial charge in [0.05, 0.1) is 13.2 Å². The fraction of sp³-hybridized carbons (Fsp3) is 0.588. The predicted molar refractivity (Wildman–Crippen MR) is 91.6 cm³/mol. The SMILES string of the molecule is CCCCCNC(=NCc1ccc(O)c(OCC)c1)NCC. The maximum atomic E-state index is 9.71. The summed E-state index contributed by atoms with van der Waals surface area (Å²) < 4.78 is 5.39. The van der Waals surface area contributed by atoms with Gasteiger partial charge in [-0.2, -0.15) is 0 Å². The number of nitrogens with one attached hydrogen (secondary N) is 2. The smallest absolute Gasteiger partial charge is 0.191 e. The van der Waals surface area contributed by atoms with Gasteiger partial charge in [0.1, 0.15) is 0 Å². The van der Waals surface area contributed by atoms with Gasteiger partial charge in [-0.25, -0.2) is 4.99 Å². The first-order chi connectivity index (χ1) is 10.7. The summed E-state index contributed by atoms with van der Waals surface area (Å²) in [5, 5.41) is 16.3. The van der Waals surface area contributed by atoms with Crippen molar-refractivity contribution in [1.82, 2.24) is 10.6 Å². The molecule has 3 N–H and O–H groups in total. The Balaban J connectivity index is 2.62. The van der Waals surface area contributed by atoms with E-state index in [-0.39, 0.29) is 5.75 Å². The summed E-state index contributed by atoms with van der Waals surface area (Å²) in [5.41, 5.74) is 1.01. The molecule has 1 aromatic carbocycles. The summed E-state index contributed by atoms with van der Waals surface area (Å²) in [6.07, 6.45) is 3.58. The molecule has 0 saturated carbocycles. The van der Waals surface area contributed by atoms with Crippen molar-refractivity contribution >= 4 is 5.96 Å². The number of phenolic OH excluding ortho intramolecular Hbond substituents is 1. The summed E-state index contributed by atoms with van der Waals surface area (Å²) in [4.78, 5) is 4.57. The minimum atomic E-state index is 0.166. The van der Waals surface area contributed by atoms with Crippen LogP contribution in [0.2, 0.25) is 0 Å². The molecule has 1 rings (SSSR count). The number of aliphatic imine (C=N–C) groups is 1. The van der Waals surface area contributed by atoms with Crippen molar-refractivity contribution in [3.05, 3.63) is 23.8 Å². The van der Waals surface area contributed by atoms with Crippen molar-refractivity contribution in [3.8, 4) is 11.5 Å². The van der Waals surface area contributed by atoms with E-state index in [0.29, 0.717) is 18.9 Å². The Morgan fingerprint density at radius 2 is 2.00 bits per heavy atom. The number of guanidine groups is 1. The van der Waals surface area contributed by atoms with Gasteiger partial charge in [-0.15, -0.1) is 0 Å². The lowest BCUT2D eigenvalue weighted by Crippen LogP contribution is -2.37. The molecular weight excluding hydrogens is 278 g/mol. The van der Waals surface area contributed by atoms with E-state index in [4.69, 9.17) is 4.74 Å². The third-order valence-corrected chi connectivity index (χ3v) is 3.16. The Morgan fingerprint density at radius 3 is 2.68 bits per heavy atom. The number of nitrogens with zero attached hydrogens (tertiary/aromatic N) is 1. The molecule has 0 fully saturated rings. The third-order valence-electron chi connectivity index (χ3n) is 3.16. The van der Waals surface area contributed by atoms with Crippen LogP contribution in [0.25, 0.3) is 0 Å². The second-order valence-electron chi connectivity index (χ2n) is 5.06. The molecule has 0 aliphatic carbocycles. The Morgan fingerprint density at radius 1 is 1.18 bits per heavy atom. The number of phenols is 1. The first kappa shape index (κ1) is 18.1. The topological polar surface area (TPSA) is 65.9 Å². The van der Waals surface area contributed by atoms with Crippen molar-refractivity contribution in [1.29, 1.82) is 0 Å². The van der Waals surface area contributed by atoms with Gasteiger partial charge in [0, 0.05) is 13.1 Å². The van der Waals surface area contributed by atoms with E-state index >= 15 is 0 Å². The first-order valence-electron chi connectivity index (χ1n) is 8.18. The van der Waals surface area contributed by atoms with Crippen LogP contribution in [0, 0.1) is 0 Å². The highest BCUT2D eigenvalue weighted by atomic mass is 16.5. The largest absolute Gasteiger partial charge is 0.504 e. The molecule has 22 heavy (non-hydrogen) atoms. The lowest BCUT2D eigenvalue weighted by molar-refractivity contribution is 0.318.